The fraction of sp³-hybridized carbons (Fsp3) is 0.659. The highest BCUT2D eigenvalue weighted by Crippen LogP contribution is 2.25. The smallest absolute Gasteiger partial charge is 0.329 e. The number of esters is 2. The van der Waals surface area contributed by atoms with Crippen LogP contribution in [0.1, 0.15) is 87.5 Å². The van der Waals surface area contributed by atoms with Crippen molar-refractivity contribution in [3.63, 3.8) is 0 Å². The van der Waals surface area contributed by atoms with Gasteiger partial charge in [0.25, 0.3) is 5.91 Å². The average Bonchev–Trinajstić information content (AvgIpc) is 3.25. The van der Waals surface area contributed by atoms with Gasteiger partial charge in [0.2, 0.25) is 35.4 Å². The van der Waals surface area contributed by atoms with E-state index in [-0.39, 0.29) is 48.5 Å². The monoisotopic (exact) mass is 1010 g/mol. The van der Waals surface area contributed by atoms with E-state index in [1.54, 1.807) is 57.6 Å². The van der Waals surface area contributed by atoms with Crippen LogP contribution in [-0.2, 0) is 52.6 Å². The second-order valence-electron chi connectivity index (χ2n) is 17.2. The fourth-order valence-electron chi connectivity index (χ4n) is 6.71. The number of allylic oxidation sites excluding steroid dienone is 3. The highest BCUT2D eigenvalue weighted by molar-refractivity contribution is 8.77. The Kier molecular flexibility index (Phi) is 24.7. The van der Waals surface area contributed by atoms with E-state index >= 15 is 0 Å². The van der Waals surface area contributed by atoms with Gasteiger partial charge in [0, 0.05) is 23.0 Å². The summed E-state index contributed by atoms with van der Waals surface area (Å²) in [5.41, 5.74) is -0.0445. The SMILES string of the molecule is C/C=C1\NC(=O)[C@H]2CSSCC/C=C/[C@H](CC(=O)N[C@H](C(C)C)C(=O)N2)OC(=O)[C@@H](C(C)C)NC1=O.CC(C)[C@H]1NC(=O)[C@H]2CSSCC/C=C/[C@H](CC(=O)N[C@H](C)C(=O)N2)OC(=O)C[C@@H]1O. The van der Waals surface area contributed by atoms with Crippen LogP contribution in [0.3, 0.4) is 0 Å². The first kappa shape index (κ1) is 57.1. The third kappa shape index (κ3) is 19.7. The van der Waals surface area contributed by atoms with Crippen LogP contribution >= 0.6 is 43.2 Å². The molecule has 67 heavy (non-hydrogen) atoms. The van der Waals surface area contributed by atoms with Gasteiger partial charge in [0.05, 0.1) is 31.4 Å². The van der Waals surface area contributed by atoms with E-state index in [4.69, 9.17) is 9.47 Å². The summed E-state index contributed by atoms with van der Waals surface area (Å²) in [5, 5.41) is 29.3. The number of hydrogen-bond acceptors (Lipinski definition) is 16. The second-order valence-corrected chi connectivity index (χ2v) is 22.5. The lowest BCUT2D eigenvalue weighted by molar-refractivity contribution is -0.153. The van der Waals surface area contributed by atoms with Crippen molar-refractivity contribution < 1.29 is 57.7 Å². The van der Waals surface area contributed by atoms with Crippen LogP contribution in [0.2, 0.25) is 0 Å². The van der Waals surface area contributed by atoms with E-state index in [9.17, 15) is 48.3 Å². The molecule has 9 atom stereocenters. The van der Waals surface area contributed by atoms with E-state index in [1.807, 2.05) is 26.0 Å². The number of hydrogen-bond donors (Lipinski definition) is 8. The number of aliphatic hydroxyl groups is 1. The maximum Gasteiger partial charge on any atom is 0.329 e. The molecule has 0 unspecified atom stereocenters. The Morgan fingerprint density at radius 2 is 1.15 bits per heavy atom. The Morgan fingerprint density at radius 1 is 0.612 bits per heavy atom. The molecule has 0 aromatic rings. The van der Waals surface area contributed by atoms with Crippen molar-refractivity contribution in [3.05, 3.63) is 36.1 Å². The average molecular weight is 1010 g/mol. The molecule has 0 saturated carbocycles. The van der Waals surface area contributed by atoms with Gasteiger partial charge in [-0.15, -0.1) is 0 Å². The lowest BCUT2D eigenvalue weighted by Crippen LogP contribution is -2.57. The number of nitrogens with one attached hydrogen (secondary N) is 7. The maximum absolute atomic E-state index is 13.2. The number of fused-ring (bicyclic) bond motifs is 14. The molecule has 0 aliphatic carbocycles. The van der Waals surface area contributed by atoms with Crippen LogP contribution in [0.5, 0.6) is 0 Å². The van der Waals surface area contributed by atoms with Crippen molar-refractivity contribution in [2.75, 3.05) is 23.0 Å². The standard InChI is InChI=1S/C24H36N4O6S2.C20H31N3O6S2/c1-6-16-21(30)28-20(14(4)5)24(33)34-15-9-7-8-10-35-36-12-17(22(31)25-16)26-23(32)19(13(2)3)27-18(29)11-15;1-11(2)18-15(24)9-17(26)29-13-6-4-5-7-30-31-10-14(20(28)23-18)22-19(27)12(3)21-16(25)8-13/h6-7,9,13-15,17,19-20H,8,10-12H2,1-5H3,(H,25,31)(H,26,32)(H,27,29)(H,28,30);4,6,11-15,18,24H,5,7-10H2,1-3H3,(H,21,25)(H,22,27)(H,23,28)/b9-7+,16-6-;6-4+/t15-,17-,19-,20-;12-,13-,14-,15+,18-/m11/s1. The lowest BCUT2D eigenvalue weighted by Gasteiger charge is -2.29. The summed E-state index contributed by atoms with van der Waals surface area (Å²) in [7, 11) is 5.97. The van der Waals surface area contributed by atoms with Crippen molar-refractivity contribution in [3.8, 4) is 0 Å². The van der Waals surface area contributed by atoms with E-state index < -0.39 is 108 Å². The number of rotatable bonds is 3. The van der Waals surface area contributed by atoms with Crippen LogP contribution < -0.4 is 37.2 Å². The zero-order valence-corrected chi connectivity index (χ0v) is 42.5. The number of ether oxygens (including phenoxy) is 2. The maximum atomic E-state index is 13.2. The Labute approximate surface area is 408 Å². The molecule has 0 radical (unpaired) electrons. The Bertz CT molecular complexity index is 1870. The predicted octanol–water partition coefficient (Wildman–Crippen LogP) is 1.95. The molecule has 2 saturated heterocycles. The van der Waals surface area contributed by atoms with Gasteiger partial charge >= 0.3 is 11.9 Å². The third-order valence-corrected chi connectivity index (χ3v) is 15.4. The second kappa shape index (κ2) is 29.0. The summed E-state index contributed by atoms with van der Waals surface area (Å²) in [6.45, 7) is 13.8. The Balaban J connectivity index is 0.000000359. The third-order valence-electron chi connectivity index (χ3n) is 10.5. The minimum Gasteiger partial charge on any atom is -0.457 e. The molecular formula is C44H67N7O12S4. The van der Waals surface area contributed by atoms with Crippen molar-refractivity contribution >= 4 is 96.5 Å². The Morgan fingerprint density at radius 3 is 1.70 bits per heavy atom. The van der Waals surface area contributed by atoms with Gasteiger partial charge in [-0.1, -0.05) is 103 Å². The van der Waals surface area contributed by atoms with Crippen molar-refractivity contribution in [1.82, 2.24) is 37.2 Å². The van der Waals surface area contributed by atoms with Crippen molar-refractivity contribution in [2.24, 2.45) is 17.8 Å². The van der Waals surface area contributed by atoms with Crippen LogP contribution in [0.4, 0.5) is 0 Å². The van der Waals surface area contributed by atoms with Gasteiger partial charge in [0.15, 0.2) is 0 Å². The minimum absolute atomic E-state index is 0.0445. The van der Waals surface area contributed by atoms with E-state index in [0.717, 1.165) is 5.75 Å². The molecule has 374 valence electrons. The van der Waals surface area contributed by atoms with Gasteiger partial charge in [0.1, 0.15) is 48.1 Å². The number of carbonyl (C=O) groups is 9. The van der Waals surface area contributed by atoms with Crippen molar-refractivity contribution in [1.29, 1.82) is 0 Å². The Hall–Kier alpha value is -4.19. The lowest BCUT2D eigenvalue weighted by atomic mass is 9.96. The summed E-state index contributed by atoms with van der Waals surface area (Å²) in [4.78, 5) is 116. The summed E-state index contributed by atoms with van der Waals surface area (Å²) in [5.74, 6) is -3.71. The molecule has 4 aliphatic rings. The van der Waals surface area contributed by atoms with Crippen molar-refractivity contribution in [2.45, 2.75) is 142 Å². The first-order valence-electron chi connectivity index (χ1n) is 22.4. The largest absolute Gasteiger partial charge is 0.457 e. The molecule has 4 bridgehead atoms. The molecule has 0 aromatic carbocycles. The quantitative estimate of drug-likeness (QED) is 0.0869. The number of amides is 7. The highest BCUT2D eigenvalue weighted by atomic mass is 33.1. The van der Waals surface area contributed by atoms with Gasteiger partial charge in [-0.2, -0.15) is 0 Å². The van der Waals surface area contributed by atoms with Gasteiger partial charge in [-0.05, 0) is 56.6 Å². The molecule has 4 rings (SSSR count). The summed E-state index contributed by atoms with van der Waals surface area (Å²) < 4.78 is 11.1. The van der Waals surface area contributed by atoms with Crippen LogP contribution in [0.25, 0.3) is 0 Å². The molecular weight excluding hydrogens is 947 g/mol. The van der Waals surface area contributed by atoms with Crippen LogP contribution in [-0.4, -0.2) is 136 Å². The van der Waals surface area contributed by atoms with Gasteiger partial charge < -0.3 is 51.8 Å². The molecule has 23 heteroatoms. The highest BCUT2D eigenvalue weighted by Gasteiger charge is 2.35. The predicted molar refractivity (Wildman–Crippen MR) is 261 cm³/mol. The van der Waals surface area contributed by atoms with Gasteiger partial charge in [-0.3, -0.25) is 38.4 Å². The fourth-order valence-corrected chi connectivity index (χ4v) is 11.0. The van der Waals surface area contributed by atoms with E-state index in [1.165, 1.54) is 45.4 Å². The zero-order chi connectivity index (χ0) is 49.8. The summed E-state index contributed by atoms with van der Waals surface area (Å²) in [6, 6.07) is -5.30. The normalized spacial score (nSPS) is 31.3. The van der Waals surface area contributed by atoms with Crippen LogP contribution in [0, 0.1) is 17.8 Å². The zero-order valence-electron chi connectivity index (χ0n) is 39.2. The van der Waals surface area contributed by atoms with E-state index in [2.05, 4.69) is 37.2 Å². The first-order valence-corrected chi connectivity index (χ1v) is 27.4. The molecule has 7 amide bonds. The minimum atomic E-state index is -1.18. The molecule has 0 spiro atoms. The summed E-state index contributed by atoms with van der Waals surface area (Å²) >= 11 is 0. The number of aliphatic hydroxyl groups excluding tert-OH is 1. The topological polar surface area (TPSA) is 277 Å². The van der Waals surface area contributed by atoms with E-state index in [0.29, 0.717) is 24.3 Å². The number of carbonyl (C=O) groups excluding carboxylic acids is 9. The molecule has 0 aromatic heterocycles. The molecule has 2 fully saturated rings. The summed E-state index contributed by atoms with van der Waals surface area (Å²) in [6.07, 6.45) is 6.23. The molecule has 4 heterocycles. The van der Waals surface area contributed by atoms with Gasteiger partial charge in [-0.25, -0.2) is 4.79 Å². The molecule has 8 N–H and O–H groups in total. The molecule has 4 aliphatic heterocycles. The molecule has 19 nitrogen and oxygen atoms in total. The van der Waals surface area contributed by atoms with Crippen LogP contribution in [0.15, 0.2) is 36.1 Å². The first-order chi connectivity index (χ1) is 31.7.